The van der Waals surface area contributed by atoms with Crippen LogP contribution >= 0.6 is 0 Å². The standard InChI is InChI=1S/C25H33N3O5.C25H32N2O6.2C24H30N2O6/c1-16-22(15-26-25(31)28(2)19-7-3-4-8-19)23(33-27-16)17-10-12-20(13-11-17)32-21-9-5-6-18(14-21)24(29)30;1-16-22(15-31-25(30)27(2)19-7-3-4-8-19)23(26-33-16)17-10-12-20(13-11-17)32-21-9-5-6-18(14-21)24(28)29;1-26(18-6-2-3-7-18)24(29)30-14-21-22(25-15-31-21)16-9-11-19(12-10-16)32-20-8-4-5-17(13-20)23(27)28;1-26(18-6-2-3-7-18)24(29)30-15-22-21(14-31-25-22)16-9-11-19(12-10-16)32-20-8-4-5-17(13-20)23(27)28/h10-13,18-19,21H,3-9,14-15H2,1-2H3,(H,26,31)(H,29,30);10-13,18-19,21H,3-9,14-15H2,1-2H3,(H,28,29);9-12,15,17-18,20H,2-8,13-14H2,1H3,(H,27,28);9-12,14,17-18,20H,2-8,13,15H2,1H3,(H,27,28)/t2*18-,21-;2*17-,20-/m0000/s1. The average Bonchev–Trinajstić information content (AvgIpc) is 1.67. The number of nitrogens with one attached hydrogen (secondary N) is 1. The second kappa shape index (κ2) is 46.4. The maximum atomic E-state index is 12.6. The molecule has 700 valence electrons. The minimum atomic E-state index is -0.748. The highest BCUT2D eigenvalue weighted by molar-refractivity contribution is 5.76. The lowest BCUT2D eigenvalue weighted by atomic mass is 9.87. The first kappa shape index (κ1) is 95.5. The zero-order valence-corrected chi connectivity index (χ0v) is 75.4. The minimum Gasteiger partial charge on any atom is -0.490 e. The highest BCUT2D eigenvalue weighted by Crippen LogP contribution is 2.39. The first-order chi connectivity index (χ1) is 62.9. The summed E-state index contributed by atoms with van der Waals surface area (Å²) in [5, 5.41) is 52.3. The van der Waals surface area contributed by atoms with E-state index in [1.54, 1.807) is 42.8 Å². The van der Waals surface area contributed by atoms with Gasteiger partial charge in [0.2, 0.25) is 0 Å². The Hall–Kier alpha value is -12.1. The summed E-state index contributed by atoms with van der Waals surface area (Å²) in [6.45, 7) is 4.17. The van der Waals surface area contributed by atoms with Crippen LogP contribution in [0, 0.1) is 37.5 Å². The fraction of sp³-hybridized carbons (Fsp3) is 0.551. The summed E-state index contributed by atoms with van der Waals surface area (Å²) in [5.74, 6) is 0.224. The molecule has 8 aliphatic carbocycles. The van der Waals surface area contributed by atoms with Crippen LogP contribution < -0.4 is 24.3 Å². The lowest BCUT2D eigenvalue weighted by Gasteiger charge is -2.27. The number of carbonyl (C=O) groups excluding carboxylic acids is 4. The quantitative estimate of drug-likeness (QED) is 0.0284. The molecule has 8 aliphatic rings. The molecule has 32 nitrogen and oxygen atoms in total. The van der Waals surface area contributed by atoms with Gasteiger partial charge in [0.25, 0.3) is 0 Å². The zero-order valence-electron chi connectivity index (χ0n) is 75.4. The smallest absolute Gasteiger partial charge is 0.410 e. The molecule has 0 bridgehead atoms. The first-order valence-electron chi connectivity index (χ1n) is 46.3. The van der Waals surface area contributed by atoms with Crippen molar-refractivity contribution in [3.05, 3.63) is 144 Å². The number of carboxylic acids is 4. The molecule has 8 fully saturated rings. The normalized spacial score (nSPS) is 21.2. The van der Waals surface area contributed by atoms with Crippen LogP contribution in [0.4, 0.5) is 19.2 Å². The number of carbonyl (C=O) groups is 8. The van der Waals surface area contributed by atoms with Crippen molar-refractivity contribution in [3.63, 3.8) is 0 Å². The molecule has 8 saturated carbocycles. The average molecular weight is 1800 g/mol. The third-order valence-corrected chi connectivity index (χ3v) is 27.0. The summed E-state index contributed by atoms with van der Waals surface area (Å²) in [7, 11) is 7.22. The number of urea groups is 1. The van der Waals surface area contributed by atoms with Crippen LogP contribution in [-0.2, 0) is 59.8 Å². The lowest BCUT2D eigenvalue weighted by Crippen LogP contribution is -2.42. The second-order valence-electron chi connectivity index (χ2n) is 35.8. The van der Waals surface area contributed by atoms with Crippen molar-refractivity contribution in [1.29, 1.82) is 0 Å². The summed E-state index contributed by atoms with van der Waals surface area (Å²) < 4.78 is 62.2. The molecule has 4 aromatic carbocycles. The van der Waals surface area contributed by atoms with Gasteiger partial charge >= 0.3 is 48.2 Å². The Labute approximate surface area is 757 Å². The number of hydrogen-bond acceptors (Lipinski definition) is 23. The van der Waals surface area contributed by atoms with Crippen LogP contribution in [0.2, 0.25) is 0 Å². The molecule has 0 radical (unpaired) electrons. The zero-order chi connectivity index (χ0) is 91.7. The summed E-state index contributed by atoms with van der Waals surface area (Å²) in [6, 6.07) is 31.0. The van der Waals surface area contributed by atoms with Crippen LogP contribution in [0.3, 0.4) is 0 Å². The van der Waals surface area contributed by atoms with Crippen molar-refractivity contribution in [2.45, 2.75) is 294 Å². The summed E-state index contributed by atoms with van der Waals surface area (Å²) in [4.78, 5) is 106. The molecule has 8 aromatic rings. The summed E-state index contributed by atoms with van der Waals surface area (Å²) in [6.07, 6.45) is 30.9. The third kappa shape index (κ3) is 26.1. The first-order valence-corrected chi connectivity index (χ1v) is 46.3. The monoisotopic (exact) mass is 1800 g/mol. The molecule has 0 spiro atoms. The fourth-order valence-corrected chi connectivity index (χ4v) is 19.0. The van der Waals surface area contributed by atoms with Gasteiger partial charge in [0.05, 0.1) is 65.9 Å². The maximum Gasteiger partial charge on any atom is 0.410 e. The largest absolute Gasteiger partial charge is 0.490 e. The number of rotatable bonds is 28. The van der Waals surface area contributed by atoms with Gasteiger partial charge in [-0.05, 0) is 258 Å². The van der Waals surface area contributed by atoms with Gasteiger partial charge in [-0.1, -0.05) is 79.0 Å². The molecule has 0 aliphatic heterocycles. The van der Waals surface area contributed by atoms with Gasteiger partial charge in [-0.3, -0.25) is 19.2 Å². The Balaban J connectivity index is 0.000000148. The van der Waals surface area contributed by atoms with E-state index in [0.29, 0.717) is 115 Å². The van der Waals surface area contributed by atoms with E-state index in [4.69, 9.17) is 51.1 Å². The molecule has 5 amide bonds. The van der Waals surface area contributed by atoms with E-state index in [1.165, 1.54) is 25.5 Å². The fourth-order valence-electron chi connectivity index (χ4n) is 19.0. The highest BCUT2D eigenvalue weighted by Gasteiger charge is 2.36. The molecule has 130 heavy (non-hydrogen) atoms. The highest BCUT2D eigenvalue weighted by atomic mass is 16.6. The van der Waals surface area contributed by atoms with Crippen molar-refractivity contribution in [2.24, 2.45) is 23.7 Å². The van der Waals surface area contributed by atoms with Gasteiger partial charge in [-0.25, -0.2) is 24.2 Å². The predicted molar refractivity (Wildman–Crippen MR) is 476 cm³/mol. The van der Waals surface area contributed by atoms with Crippen LogP contribution in [0.5, 0.6) is 23.0 Å². The Morgan fingerprint density at radius 3 is 1.15 bits per heavy atom. The van der Waals surface area contributed by atoms with Crippen LogP contribution in [-0.4, -0.2) is 185 Å². The van der Waals surface area contributed by atoms with Crippen molar-refractivity contribution < 1.29 is 110 Å². The molecule has 32 heteroatoms. The van der Waals surface area contributed by atoms with Crippen LogP contribution in [0.1, 0.15) is 240 Å². The summed E-state index contributed by atoms with van der Waals surface area (Å²) in [5.41, 5.74) is 8.31. The number of amides is 5. The van der Waals surface area contributed by atoms with Gasteiger partial charge in [0.15, 0.2) is 24.5 Å². The molecule has 4 aromatic heterocycles. The number of carboxylic acid groups (broad SMARTS) is 4. The van der Waals surface area contributed by atoms with E-state index in [9.17, 15) is 58.8 Å². The molecule has 0 unspecified atom stereocenters. The minimum absolute atomic E-state index is 0.0160. The van der Waals surface area contributed by atoms with E-state index in [-0.39, 0.29) is 110 Å². The predicted octanol–water partition coefficient (Wildman–Crippen LogP) is 19.7. The lowest BCUT2D eigenvalue weighted by molar-refractivity contribution is -0.144. The SMILES string of the molecule is CN(C(=O)OCc1nocc1-c1ccc(O[C@H]2CCC[C@H](C(=O)O)C2)cc1)C1CCCC1.CN(C(=O)OCc1ocnc1-c1ccc(O[C@H]2CCC[C@H](C(=O)O)C2)cc1)C1CCCC1.Cc1noc(-c2ccc(O[C@H]3CCC[C@H](C(=O)O)C3)cc2)c1CNC(=O)N(C)C1CCCC1.Cc1onc(-c2ccc(O[C@H]3CCC[C@H](C(=O)O)C3)cc2)c1COC(=O)N(C)C1CCCC1. The van der Waals surface area contributed by atoms with Gasteiger partial charge in [-0.15, -0.1) is 0 Å². The maximum absolute atomic E-state index is 12.6. The van der Waals surface area contributed by atoms with E-state index in [1.807, 2.05) is 116 Å². The molecule has 5 N–H and O–H groups in total. The van der Waals surface area contributed by atoms with Crippen LogP contribution in [0.15, 0.2) is 128 Å². The molecular weight excluding hydrogens is 1670 g/mol. The Kier molecular flexibility index (Phi) is 34.1. The van der Waals surface area contributed by atoms with E-state index in [2.05, 4.69) is 25.8 Å². The van der Waals surface area contributed by atoms with Crippen LogP contribution in [0.25, 0.3) is 45.0 Å². The van der Waals surface area contributed by atoms with Crippen molar-refractivity contribution in [3.8, 4) is 68.0 Å². The number of aromatic nitrogens is 4. The van der Waals surface area contributed by atoms with Gasteiger partial charge < -0.3 is 96.5 Å². The number of oxazole rings is 1. The number of nitrogens with zero attached hydrogens (tertiary/aromatic N) is 8. The van der Waals surface area contributed by atoms with Crippen molar-refractivity contribution >= 4 is 48.2 Å². The number of benzene rings is 4. The summed E-state index contributed by atoms with van der Waals surface area (Å²) >= 11 is 0. The Morgan fingerprint density at radius 1 is 0.392 bits per heavy atom. The van der Waals surface area contributed by atoms with Crippen molar-refractivity contribution in [1.82, 2.24) is 45.4 Å². The second-order valence-corrected chi connectivity index (χ2v) is 35.8. The van der Waals surface area contributed by atoms with Crippen molar-refractivity contribution in [2.75, 3.05) is 28.2 Å². The number of ether oxygens (including phenoxy) is 7. The topological polar surface area (TPSA) is 411 Å². The Morgan fingerprint density at radius 2 is 0.754 bits per heavy atom. The van der Waals surface area contributed by atoms with E-state index < -0.39 is 23.9 Å². The van der Waals surface area contributed by atoms with E-state index in [0.717, 1.165) is 192 Å². The molecule has 16 rings (SSSR count). The molecular formula is C98H125N9O23. The Bertz CT molecular complexity index is 4700. The number of aryl methyl sites for hydroxylation is 2. The molecule has 0 saturated heterocycles. The molecule has 8 atom stereocenters. The van der Waals surface area contributed by atoms with Gasteiger partial charge in [0, 0.05) is 80.2 Å². The molecule has 4 heterocycles. The van der Waals surface area contributed by atoms with Gasteiger partial charge in [0.1, 0.15) is 65.3 Å². The third-order valence-electron chi connectivity index (χ3n) is 27.0. The number of aliphatic carboxylic acids is 4. The van der Waals surface area contributed by atoms with E-state index >= 15 is 0 Å². The number of hydrogen-bond donors (Lipinski definition) is 5. The van der Waals surface area contributed by atoms with Gasteiger partial charge in [-0.2, -0.15) is 0 Å².